The maximum atomic E-state index is 12.2. The second-order valence-electron chi connectivity index (χ2n) is 4.25. The van der Waals surface area contributed by atoms with E-state index in [2.05, 4.69) is 5.32 Å². The van der Waals surface area contributed by atoms with Gasteiger partial charge in [0.1, 0.15) is 0 Å². The summed E-state index contributed by atoms with van der Waals surface area (Å²) in [7, 11) is 0. The minimum atomic E-state index is -4.82. The predicted molar refractivity (Wildman–Crippen MR) is 56.2 cm³/mol. The Kier molecular flexibility index (Phi) is 2.85. The van der Waals surface area contributed by atoms with Gasteiger partial charge in [0.15, 0.2) is 0 Å². The molecule has 0 spiro atoms. The van der Waals surface area contributed by atoms with Gasteiger partial charge in [-0.25, -0.2) is 0 Å². The molecule has 1 saturated carbocycles. The van der Waals surface area contributed by atoms with Crippen LogP contribution in [0.1, 0.15) is 24.8 Å². The van der Waals surface area contributed by atoms with Crippen molar-refractivity contribution in [2.75, 3.05) is 0 Å². The Bertz CT molecular complexity index is 410. The lowest BCUT2D eigenvalue weighted by molar-refractivity contribution is -0.177. The molecule has 92 valence electrons. The van der Waals surface area contributed by atoms with Crippen molar-refractivity contribution in [1.29, 1.82) is 0 Å². The van der Waals surface area contributed by atoms with Crippen LogP contribution in [0.5, 0.6) is 0 Å². The SMILES string of the molecule is O=C(NC1(c2ccccc2)CCC1)C(F)(F)F. The number of amides is 1. The summed E-state index contributed by atoms with van der Waals surface area (Å²) < 4.78 is 36.7. The number of carbonyl (C=O) groups excluding carboxylic acids is 1. The monoisotopic (exact) mass is 243 g/mol. The number of hydrogen-bond donors (Lipinski definition) is 1. The minimum absolute atomic E-state index is 0.554. The van der Waals surface area contributed by atoms with E-state index in [-0.39, 0.29) is 0 Å². The van der Waals surface area contributed by atoms with Crippen LogP contribution in [0.2, 0.25) is 0 Å². The Morgan fingerprint density at radius 1 is 1.18 bits per heavy atom. The lowest BCUT2D eigenvalue weighted by Gasteiger charge is -2.43. The van der Waals surface area contributed by atoms with Crippen molar-refractivity contribution in [3.05, 3.63) is 35.9 Å². The highest BCUT2D eigenvalue weighted by Crippen LogP contribution is 2.41. The Morgan fingerprint density at radius 2 is 1.76 bits per heavy atom. The van der Waals surface area contributed by atoms with Crippen molar-refractivity contribution < 1.29 is 18.0 Å². The first-order valence-corrected chi connectivity index (χ1v) is 5.39. The number of hydrogen-bond acceptors (Lipinski definition) is 1. The fourth-order valence-electron chi connectivity index (χ4n) is 2.06. The molecule has 1 amide bonds. The highest BCUT2D eigenvalue weighted by Gasteiger charge is 2.47. The third kappa shape index (κ3) is 2.28. The zero-order valence-electron chi connectivity index (χ0n) is 9.05. The van der Waals surface area contributed by atoms with Crippen molar-refractivity contribution in [2.45, 2.75) is 31.0 Å². The Balaban J connectivity index is 2.20. The average molecular weight is 243 g/mol. The molecule has 5 heteroatoms. The molecule has 0 heterocycles. The van der Waals surface area contributed by atoms with Gasteiger partial charge < -0.3 is 5.32 Å². The molecule has 1 fully saturated rings. The Labute approximate surface area is 96.8 Å². The Morgan fingerprint density at radius 3 is 2.18 bits per heavy atom. The lowest BCUT2D eigenvalue weighted by Crippen LogP contribution is -2.54. The maximum Gasteiger partial charge on any atom is 0.471 e. The predicted octanol–water partition coefficient (Wildman–Crippen LogP) is 2.74. The fraction of sp³-hybridized carbons (Fsp3) is 0.417. The third-order valence-electron chi connectivity index (χ3n) is 3.14. The van der Waals surface area contributed by atoms with E-state index in [0.29, 0.717) is 12.8 Å². The van der Waals surface area contributed by atoms with Gasteiger partial charge in [0, 0.05) is 0 Å². The molecular formula is C12H12F3NO. The number of rotatable bonds is 2. The van der Waals surface area contributed by atoms with Crippen LogP contribution in [0.15, 0.2) is 30.3 Å². The van der Waals surface area contributed by atoms with Crippen LogP contribution in [0, 0.1) is 0 Å². The number of halogens is 3. The van der Waals surface area contributed by atoms with Gasteiger partial charge in [0.2, 0.25) is 0 Å². The normalized spacial score (nSPS) is 18.3. The van der Waals surface area contributed by atoms with Crippen LogP contribution in [-0.4, -0.2) is 12.1 Å². The molecule has 0 unspecified atom stereocenters. The van der Waals surface area contributed by atoms with Crippen LogP contribution >= 0.6 is 0 Å². The van der Waals surface area contributed by atoms with Gasteiger partial charge in [0.05, 0.1) is 5.54 Å². The summed E-state index contributed by atoms with van der Waals surface area (Å²) in [6.45, 7) is 0. The summed E-state index contributed by atoms with van der Waals surface area (Å²) in [5, 5.41) is 2.12. The summed E-state index contributed by atoms with van der Waals surface area (Å²) in [5.41, 5.74) is -0.0859. The van der Waals surface area contributed by atoms with Gasteiger partial charge >= 0.3 is 12.1 Å². The zero-order valence-corrected chi connectivity index (χ0v) is 9.05. The van der Waals surface area contributed by atoms with Crippen LogP contribution in [0.4, 0.5) is 13.2 Å². The van der Waals surface area contributed by atoms with E-state index < -0.39 is 17.6 Å². The summed E-state index contributed by atoms with van der Waals surface area (Å²) in [4.78, 5) is 11.0. The quantitative estimate of drug-likeness (QED) is 0.850. The fourth-order valence-corrected chi connectivity index (χ4v) is 2.06. The first-order chi connectivity index (χ1) is 7.94. The second-order valence-corrected chi connectivity index (χ2v) is 4.25. The molecule has 0 atom stereocenters. The number of nitrogens with one attached hydrogen (secondary N) is 1. The molecule has 0 saturated heterocycles. The van der Waals surface area contributed by atoms with Gasteiger partial charge in [-0.1, -0.05) is 30.3 Å². The van der Waals surface area contributed by atoms with Gasteiger partial charge in [0.25, 0.3) is 0 Å². The lowest BCUT2D eigenvalue weighted by atomic mass is 9.72. The molecule has 2 nitrogen and oxygen atoms in total. The van der Waals surface area contributed by atoms with Crippen LogP contribution in [0.25, 0.3) is 0 Å². The van der Waals surface area contributed by atoms with E-state index in [1.807, 2.05) is 0 Å². The van der Waals surface area contributed by atoms with E-state index in [1.54, 1.807) is 30.3 Å². The molecule has 0 radical (unpaired) electrons. The van der Waals surface area contributed by atoms with E-state index in [4.69, 9.17) is 0 Å². The standard InChI is InChI=1S/C12H12F3NO/c13-12(14,15)10(17)16-11(7-4-8-11)9-5-2-1-3-6-9/h1-3,5-6H,4,7-8H2,(H,16,17). The summed E-state index contributed by atoms with van der Waals surface area (Å²) in [6, 6.07) is 8.80. The van der Waals surface area contributed by atoms with Crippen molar-refractivity contribution in [1.82, 2.24) is 5.32 Å². The van der Waals surface area contributed by atoms with Crippen molar-refractivity contribution in [3.63, 3.8) is 0 Å². The molecule has 0 bridgehead atoms. The molecule has 1 aromatic carbocycles. The van der Waals surface area contributed by atoms with Crippen molar-refractivity contribution in [2.24, 2.45) is 0 Å². The highest BCUT2D eigenvalue weighted by molar-refractivity contribution is 5.82. The number of alkyl halides is 3. The smallest absolute Gasteiger partial charge is 0.339 e. The number of benzene rings is 1. The summed E-state index contributed by atoms with van der Waals surface area (Å²) in [6.07, 6.45) is -2.89. The summed E-state index contributed by atoms with van der Waals surface area (Å²) in [5.74, 6) is -1.86. The third-order valence-corrected chi connectivity index (χ3v) is 3.14. The van der Waals surface area contributed by atoms with Gasteiger partial charge in [-0.15, -0.1) is 0 Å². The molecule has 0 aliphatic heterocycles. The van der Waals surface area contributed by atoms with Crippen LogP contribution < -0.4 is 5.32 Å². The van der Waals surface area contributed by atoms with E-state index in [0.717, 1.165) is 12.0 Å². The van der Waals surface area contributed by atoms with E-state index >= 15 is 0 Å². The highest BCUT2D eigenvalue weighted by atomic mass is 19.4. The average Bonchev–Trinajstić information content (AvgIpc) is 2.23. The largest absolute Gasteiger partial charge is 0.471 e. The van der Waals surface area contributed by atoms with Crippen LogP contribution in [0.3, 0.4) is 0 Å². The van der Waals surface area contributed by atoms with E-state index in [9.17, 15) is 18.0 Å². The first kappa shape index (κ1) is 12.0. The first-order valence-electron chi connectivity index (χ1n) is 5.39. The summed E-state index contributed by atoms with van der Waals surface area (Å²) >= 11 is 0. The van der Waals surface area contributed by atoms with Gasteiger partial charge in [-0.3, -0.25) is 4.79 Å². The molecular weight excluding hydrogens is 231 g/mol. The van der Waals surface area contributed by atoms with Crippen LogP contribution in [-0.2, 0) is 10.3 Å². The topological polar surface area (TPSA) is 29.1 Å². The maximum absolute atomic E-state index is 12.2. The molecule has 17 heavy (non-hydrogen) atoms. The second kappa shape index (κ2) is 4.05. The minimum Gasteiger partial charge on any atom is -0.339 e. The number of carbonyl (C=O) groups is 1. The van der Waals surface area contributed by atoms with Gasteiger partial charge in [-0.05, 0) is 24.8 Å². The molecule has 2 rings (SSSR count). The molecule has 0 aromatic heterocycles. The molecule has 1 N–H and O–H groups in total. The molecule has 1 aliphatic carbocycles. The zero-order chi connectivity index (χ0) is 12.5. The van der Waals surface area contributed by atoms with E-state index in [1.165, 1.54) is 0 Å². The van der Waals surface area contributed by atoms with Crippen molar-refractivity contribution in [3.8, 4) is 0 Å². The van der Waals surface area contributed by atoms with Gasteiger partial charge in [-0.2, -0.15) is 13.2 Å². The molecule has 1 aliphatic rings. The molecule has 1 aromatic rings. The Hall–Kier alpha value is -1.52. The van der Waals surface area contributed by atoms with Crippen molar-refractivity contribution >= 4 is 5.91 Å².